The zero-order chi connectivity index (χ0) is 14.7. The number of alkyl halides is 1. The van der Waals surface area contributed by atoms with Crippen LogP contribution in [0.3, 0.4) is 0 Å². The molecule has 0 N–H and O–H groups in total. The van der Waals surface area contributed by atoms with Gasteiger partial charge in [-0.3, -0.25) is 9.18 Å². The first kappa shape index (κ1) is 15.7. The van der Waals surface area contributed by atoms with Crippen molar-refractivity contribution in [2.75, 3.05) is 26.9 Å². The first-order chi connectivity index (χ1) is 8.74. The van der Waals surface area contributed by atoms with Gasteiger partial charge >= 0.3 is 12.1 Å². The van der Waals surface area contributed by atoms with Crippen LogP contribution in [-0.4, -0.2) is 49.4 Å². The summed E-state index contributed by atoms with van der Waals surface area (Å²) in [4.78, 5) is 25.2. The topological polar surface area (TPSA) is 55.8 Å². The Morgan fingerprint density at radius 3 is 2.47 bits per heavy atom. The Morgan fingerprint density at radius 2 is 2.00 bits per heavy atom. The molecule has 0 bridgehead atoms. The average Bonchev–Trinajstić information content (AvgIpc) is 2.72. The van der Waals surface area contributed by atoms with Crippen LogP contribution in [0.25, 0.3) is 0 Å². The van der Waals surface area contributed by atoms with Crippen molar-refractivity contribution < 1.29 is 23.5 Å². The van der Waals surface area contributed by atoms with E-state index in [4.69, 9.17) is 9.47 Å². The molecule has 1 fully saturated rings. The molecule has 0 aliphatic carbocycles. The third-order valence-corrected chi connectivity index (χ3v) is 3.20. The fourth-order valence-electron chi connectivity index (χ4n) is 2.22. The lowest BCUT2D eigenvalue weighted by atomic mass is 9.84. The summed E-state index contributed by atoms with van der Waals surface area (Å²) in [5.41, 5.74) is -1.52. The van der Waals surface area contributed by atoms with Gasteiger partial charge in [0.15, 0.2) is 0 Å². The van der Waals surface area contributed by atoms with Crippen molar-refractivity contribution in [3.8, 4) is 0 Å². The maximum Gasteiger partial charge on any atom is 0.410 e. The Balaban J connectivity index is 2.74. The molecule has 1 unspecified atom stereocenters. The van der Waals surface area contributed by atoms with E-state index in [0.29, 0.717) is 13.0 Å². The highest BCUT2D eigenvalue weighted by molar-refractivity contribution is 5.79. The summed E-state index contributed by atoms with van der Waals surface area (Å²) in [6.45, 7) is 5.24. The van der Waals surface area contributed by atoms with E-state index in [2.05, 4.69) is 0 Å². The fraction of sp³-hybridized carbons (Fsp3) is 0.846. The summed E-state index contributed by atoms with van der Waals surface area (Å²) in [7, 11) is 1.28. The predicted octanol–water partition coefficient (Wildman–Crippen LogP) is 2.15. The van der Waals surface area contributed by atoms with E-state index in [1.54, 1.807) is 20.8 Å². The number of carbonyl (C=O) groups is 2. The number of rotatable bonds is 3. The van der Waals surface area contributed by atoms with Crippen molar-refractivity contribution in [2.24, 2.45) is 5.41 Å². The highest BCUT2D eigenvalue weighted by Crippen LogP contribution is 2.36. The molecule has 1 atom stereocenters. The Bertz CT molecular complexity index is 353. The second-order valence-electron chi connectivity index (χ2n) is 5.86. The van der Waals surface area contributed by atoms with Gasteiger partial charge in [-0.1, -0.05) is 0 Å². The minimum absolute atomic E-state index is 0.0684. The Morgan fingerprint density at radius 1 is 1.37 bits per heavy atom. The van der Waals surface area contributed by atoms with Crippen molar-refractivity contribution in [3.63, 3.8) is 0 Å². The molecule has 1 rings (SSSR count). The van der Waals surface area contributed by atoms with Gasteiger partial charge < -0.3 is 14.4 Å². The quantitative estimate of drug-likeness (QED) is 0.740. The van der Waals surface area contributed by atoms with Crippen LogP contribution in [0.4, 0.5) is 9.18 Å². The van der Waals surface area contributed by atoms with Crippen LogP contribution in [0.1, 0.15) is 33.6 Å². The van der Waals surface area contributed by atoms with Gasteiger partial charge in [0.1, 0.15) is 5.60 Å². The maximum absolute atomic E-state index is 12.6. The molecule has 1 amide bonds. The molecule has 0 aromatic carbocycles. The van der Waals surface area contributed by atoms with E-state index < -0.39 is 29.8 Å². The molecule has 19 heavy (non-hydrogen) atoms. The number of esters is 1. The van der Waals surface area contributed by atoms with E-state index in [1.807, 2.05) is 0 Å². The number of hydrogen-bond acceptors (Lipinski definition) is 4. The smallest absolute Gasteiger partial charge is 0.410 e. The SMILES string of the molecule is COC(=O)C1(CCF)CCN(C(=O)OC(C)(C)C)C1. The van der Waals surface area contributed by atoms with Crippen molar-refractivity contribution in [2.45, 2.75) is 39.2 Å². The zero-order valence-electron chi connectivity index (χ0n) is 12.0. The van der Waals surface area contributed by atoms with Gasteiger partial charge in [0.25, 0.3) is 0 Å². The second kappa shape index (κ2) is 5.75. The molecule has 6 heteroatoms. The van der Waals surface area contributed by atoms with Gasteiger partial charge in [0.05, 0.1) is 19.2 Å². The van der Waals surface area contributed by atoms with Crippen LogP contribution in [0.15, 0.2) is 0 Å². The Hall–Kier alpha value is -1.33. The summed E-state index contributed by atoms with van der Waals surface area (Å²) >= 11 is 0. The number of carbonyl (C=O) groups excluding carboxylic acids is 2. The van der Waals surface area contributed by atoms with E-state index in [9.17, 15) is 14.0 Å². The van der Waals surface area contributed by atoms with E-state index in [-0.39, 0.29) is 13.0 Å². The Kier molecular flexibility index (Phi) is 4.76. The molecular formula is C13H22FNO4. The number of halogens is 1. The minimum atomic E-state index is -0.930. The van der Waals surface area contributed by atoms with Crippen LogP contribution in [0.5, 0.6) is 0 Å². The maximum atomic E-state index is 12.6. The molecule has 1 heterocycles. The number of amides is 1. The van der Waals surface area contributed by atoms with Gasteiger partial charge in [-0.2, -0.15) is 0 Å². The molecule has 1 aliphatic heterocycles. The van der Waals surface area contributed by atoms with Gasteiger partial charge in [-0.05, 0) is 33.6 Å². The van der Waals surface area contributed by atoms with E-state index in [1.165, 1.54) is 12.0 Å². The van der Waals surface area contributed by atoms with Crippen LogP contribution in [0.2, 0.25) is 0 Å². The van der Waals surface area contributed by atoms with E-state index >= 15 is 0 Å². The largest absolute Gasteiger partial charge is 0.469 e. The molecule has 1 aliphatic rings. The van der Waals surface area contributed by atoms with Crippen LogP contribution >= 0.6 is 0 Å². The molecule has 0 saturated carbocycles. The van der Waals surface area contributed by atoms with E-state index in [0.717, 1.165) is 0 Å². The summed E-state index contributed by atoms with van der Waals surface area (Å²) in [5.74, 6) is -0.462. The van der Waals surface area contributed by atoms with Gasteiger partial charge in [-0.25, -0.2) is 4.79 Å². The first-order valence-electron chi connectivity index (χ1n) is 6.36. The van der Waals surface area contributed by atoms with Crippen molar-refractivity contribution in [3.05, 3.63) is 0 Å². The molecule has 0 aromatic rings. The lowest BCUT2D eigenvalue weighted by molar-refractivity contribution is -0.152. The predicted molar refractivity (Wildman–Crippen MR) is 67.5 cm³/mol. The van der Waals surface area contributed by atoms with Crippen molar-refractivity contribution in [1.29, 1.82) is 0 Å². The van der Waals surface area contributed by atoms with Gasteiger partial charge in [0, 0.05) is 13.1 Å². The van der Waals surface area contributed by atoms with Gasteiger partial charge in [0.2, 0.25) is 0 Å². The number of hydrogen-bond donors (Lipinski definition) is 0. The standard InChI is InChI=1S/C13H22FNO4/c1-12(2,3)19-11(17)15-8-6-13(9-15,5-7-14)10(16)18-4/h5-9H2,1-4H3. The molecule has 5 nitrogen and oxygen atoms in total. The minimum Gasteiger partial charge on any atom is -0.469 e. The highest BCUT2D eigenvalue weighted by Gasteiger charge is 2.47. The summed E-state index contributed by atoms with van der Waals surface area (Å²) in [6, 6.07) is 0. The lowest BCUT2D eigenvalue weighted by Gasteiger charge is -2.27. The molecule has 1 saturated heterocycles. The summed E-state index contributed by atoms with van der Waals surface area (Å²) in [5, 5.41) is 0. The van der Waals surface area contributed by atoms with Crippen molar-refractivity contribution in [1.82, 2.24) is 4.90 Å². The third kappa shape index (κ3) is 3.81. The Labute approximate surface area is 113 Å². The monoisotopic (exact) mass is 275 g/mol. The first-order valence-corrected chi connectivity index (χ1v) is 6.36. The number of ether oxygens (including phenoxy) is 2. The molecule has 110 valence electrons. The number of likely N-dealkylation sites (tertiary alicyclic amines) is 1. The van der Waals surface area contributed by atoms with Crippen LogP contribution < -0.4 is 0 Å². The molecule has 0 radical (unpaired) electrons. The number of methoxy groups -OCH3 is 1. The van der Waals surface area contributed by atoms with Gasteiger partial charge in [-0.15, -0.1) is 0 Å². The molecule has 0 spiro atoms. The summed E-state index contributed by atoms with van der Waals surface area (Å²) in [6.07, 6.45) is -0.000859. The molecule has 0 aromatic heterocycles. The van der Waals surface area contributed by atoms with Crippen LogP contribution in [-0.2, 0) is 14.3 Å². The van der Waals surface area contributed by atoms with Crippen molar-refractivity contribution >= 4 is 12.1 Å². The average molecular weight is 275 g/mol. The third-order valence-electron chi connectivity index (χ3n) is 3.20. The second-order valence-corrected chi connectivity index (χ2v) is 5.86. The number of nitrogens with zero attached hydrogens (tertiary/aromatic N) is 1. The lowest BCUT2D eigenvalue weighted by Crippen LogP contribution is -2.40. The molecular weight excluding hydrogens is 253 g/mol. The normalized spacial score (nSPS) is 23.3. The fourth-order valence-corrected chi connectivity index (χ4v) is 2.22. The van der Waals surface area contributed by atoms with Crippen LogP contribution in [0, 0.1) is 5.41 Å². The zero-order valence-corrected chi connectivity index (χ0v) is 12.0. The summed E-state index contributed by atoms with van der Waals surface area (Å²) < 4.78 is 22.6. The highest BCUT2D eigenvalue weighted by atomic mass is 19.1.